The Morgan fingerprint density at radius 2 is 1.64 bits per heavy atom. The molecule has 4 rings (SSSR count). The second kappa shape index (κ2) is 5.26. The van der Waals surface area contributed by atoms with Crippen molar-refractivity contribution < 1.29 is 9.63 Å². The first kappa shape index (κ1) is 13.0. The zero-order valence-corrected chi connectivity index (χ0v) is 12.0. The summed E-state index contributed by atoms with van der Waals surface area (Å²) in [5, 5.41) is 3.98. The van der Waals surface area contributed by atoms with Crippen LogP contribution in [0.5, 0.6) is 0 Å². The highest BCUT2D eigenvalue weighted by Gasteiger charge is 2.42. The van der Waals surface area contributed by atoms with Crippen molar-refractivity contribution in [3.8, 4) is 0 Å². The van der Waals surface area contributed by atoms with Crippen LogP contribution in [0.4, 0.5) is 0 Å². The molecule has 0 saturated heterocycles. The maximum Gasteiger partial charge on any atom is 0.344 e. The van der Waals surface area contributed by atoms with E-state index in [0.717, 1.165) is 17.7 Å². The molecule has 0 N–H and O–H groups in total. The molecule has 1 aliphatic heterocycles. The van der Waals surface area contributed by atoms with E-state index in [1.807, 2.05) is 42.5 Å². The number of fused-ring (bicyclic) bond motifs is 1. The summed E-state index contributed by atoms with van der Waals surface area (Å²) in [4.78, 5) is 17.0. The molecule has 2 aliphatic rings. The van der Waals surface area contributed by atoms with Crippen LogP contribution in [0.1, 0.15) is 23.5 Å². The molecule has 0 aromatic heterocycles. The molecule has 2 unspecified atom stereocenters. The van der Waals surface area contributed by atoms with Crippen LogP contribution < -0.4 is 0 Å². The minimum atomic E-state index is -0.283. The molecule has 108 valence electrons. The SMILES string of the molecule is O=C1ON=C2C=C(c3ccccc3)CC(c3ccccc3)C12. The third-order valence-corrected chi connectivity index (χ3v) is 4.35. The second-order valence-corrected chi connectivity index (χ2v) is 5.66. The van der Waals surface area contributed by atoms with Crippen molar-refractivity contribution in [1.82, 2.24) is 0 Å². The zero-order chi connectivity index (χ0) is 14.9. The Hall–Kier alpha value is -2.68. The summed E-state index contributed by atoms with van der Waals surface area (Å²) >= 11 is 0. The molecule has 0 amide bonds. The number of allylic oxidation sites excluding steroid dienone is 2. The van der Waals surface area contributed by atoms with E-state index < -0.39 is 0 Å². The Morgan fingerprint density at radius 1 is 0.955 bits per heavy atom. The fourth-order valence-electron chi connectivity index (χ4n) is 3.27. The molecule has 0 fully saturated rings. The topological polar surface area (TPSA) is 38.7 Å². The lowest BCUT2D eigenvalue weighted by Gasteiger charge is -2.27. The van der Waals surface area contributed by atoms with Crippen LogP contribution in [-0.2, 0) is 9.63 Å². The van der Waals surface area contributed by atoms with Gasteiger partial charge < -0.3 is 4.84 Å². The molecule has 3 nitrogen and oxygen atoms in total. The van der Waals surface area contributed by atoms with Gasteiger partial charge in [0.15, 0.2) is 0 Å². The first-order chi connectivity index (χ1) is 10.8. The fourth-order valence-corrected chi connectivity index (χ4v) is 3.27. The van der Waals surface area contributed by atoms with E-state index >= 15 is 0 Å². The summed E-state index contributed by atoms with van der Waals surface area (Å²) < 4.78 is 0. The molecule has 0 saturated carbocycles. The third-order valence-electron chi connectivity index (χ3n) is 4.35. The number of nitrogens with zero attached hydrogens (tertiary/aromatic N) is 1. The van der Waals surface area contributed by atoms with E-state index in [1.54, 1.807) is 0 Å². The van der Waals surface area contributed by atoms with Crippen molar-refractivity contribution in [3.63, 3.8) is 0 Å². The number of oxime groups is 1. The van der Waals surface area contributed by atoms with E-state index in [0.29, 0.717) is 0 Å². The predicted octanol–water partition coefficient (Wildman–Crippen LogP) is 3.79. The first-order valence-corrected chi connectivity index (χ1v) is 7.42. The van der Waals surface area contributed by atoms with E-state index in [1.165, 1.54) is 11.1 Å². The highest BCUT2D eigenvalue weighted by molar-refractivity contribution is 6.15. The van der Waals surface area contributed by atoms with Gasteiger partial charge in [-0.2, -0.15) is 0 Å². The Balaban J connectivity index is 1.78. The molecule has 2 aromatic carbocycles. The van der Waals surface area contributed by atoms with E-state index in [2.05, 4.69) is 29.4 Å². The van der Waals surface area contributed by atoms with Crippen molar-refractivity contribution in [1.29, 1.82) is 0 Å². The molecule has 3 heteroatoms. The monoisotopic (exact) mass is 289 g/mol. The minimum Gasteiger partial charge on any atom is -0.317 e. The van der Waals surface area contributed by atoms with Gasteiger partial charge in [0.1, 0.15) is 5.92 Å². The van der Waals surface area contributed by atoms with Crippen LogP contribution in [0.25, 0.3) is 5.57 Å². The summed E-state index contributed by atoms with van der Waals surface area (Å²) in [6.07, 6.45) is 2.82. The van der Waals surface area contributed by atoms with E-state index in [9.17, 15) is 4.79 Å². The maximum absolute atomic E-state index is 12.1. The molecule has 0 spiro atoms. The summed E-state index contributed by atoms with van der Waals surface area (Å²) in [5.41, 5.74) is 4.26. The van der Waals surface area contributed by atoms with Crippen molar-refractivity contribution in [2.24, 2.45) is 11.1 Å². The van der Waals surface area contributed by atoms with Crippen molar-refractivity contribution in [2.45, 2.75) is 12.3 Å². The summed E-state index contributed by atoms with van der Waals surface area (Å²) in [6.45, 7) is 0. The normalized spacial score (nSPS) is 23.4. The number of benzene rings is 2. The van der Waals surface area contributed by atoms with Gasteiger partial charge in [0.2, 0.25) is 0 Å². The van der Waals surface area contributed by atoms with Crippen LogP contribution in [-0.4, -0.2) is 11.7 Å². The Bertz CT molecular complexity index is 763. The van der Waals surface area contributed by atoms with Gasteiger partial charge in [-0.15, -0.1) is 0 Å². The average Bonchev–Trinajstić information content (AvgIpc) is 2.97. The van der Waals surface area contributed by atoms with Crippen LogP contribution in [0.3, 0.4) is 0 Å². The number of carbonyl (C=O) groups excluding carboxylic acids is 1. The van der Waals surface area contributed by atoms with Gasteiger partial charge in [0, 0.05) is 5.92 Å². The van der Waals surface area contributed by atoms with E-state index in [-0.39, 0.29) is 17.8 Å². The molecule has 0 radical (unpaired) electrons. The smallest absolute Gasteiger partial charge is 0.317 e. The Kier molecular flexibility index (Phi) is 3.11. The maximum atomic E-state index is 12.1. The predicted molar refractivity (Wildman–Crippen MR) is 85.2 cm³/mol. The van der Waals surface area contributed by atoms with Gasteiger partial charge in [-0.1, -0.05) is 65.8 Å². The van der Waals surface area contributed by atoms with Crippen LogP contribution in [0.15, 0.2) is 71.9 Å². The number of hydrogen-bond acceptors (Lipinski definition) is 3. The van der Waals surface area contributed by atoms with Crippen molar-refractivity contribution in [2.75, 3.05) is 0 Å². The lowest BCUT2D eigenvalue weighted by atomic mass is 9.73. The van der Waals surface area contributed by atoms with Crippen molar-refractivity contribution in [3.05, 3.63) is 77.9 Å². The number of carbonyl (C=O) groups is 1. The largest absolute Gasteiger partial charge is 0.344 e. The van der Waals surface area contributed by atoms with Crippen molar-refractivity contribution >= 4 is 17.3 Å². The lowest BCUT2D eigenvalue weighted by molar-refractivity contribution is -0.144. The molecular weight excluding hydrogens is 274 g/mol. The van der Waals surface area contributed by atoms with Gasteiger partial charge in [-0.25, -0.2) is 4.79 Å². The van der Waals surface area contributed by atoms with Gasteiger partial charge >= 0.3 is 5.97 Å². The van der Waals surface area contributed by atoms with Crippen LogP contribution in [0, 0.1) is 5.92 Å². The van der Waals surface area contributed by atoms with E-state index in [4.69, 9.17) is 4.84 Å². The lowest BCUT2D eigenvalue weighted by Crippen LogP contribution is -2.28. The second-order valence-electron chi connectivity index (χ2n) is 5.66. The first-order valence-electron chi connectivity index (χ1n) is 7.42. The van der Waals surface area contributed by atoms with Crippen LogP contribution in [0.2, 0.25) is 0 Å². The standard InChI is InChI=1S/C19H15NO2/c21-19-18-16(14-9-5-2-6-10-14)11-15(12-17(18)20-22-19)13-7-3-1-4-8-13/h1-10,12,16,18H,11H2. The molecular formula is C19H15NO2. The summed E-state index contributed by atoms with van der Waals surface area (Å²) in [6, 6.07) is 20.4. The molecule has 0 bridgehead atoms. The molecule has 22 heavy (non-hydrogen) atoms. The average molecular weight is 289 g/mol. The molecule has 2 aromatic rings. The highest BCUT2D eigenvalue weighted by atomic mass is 16.7. The van der Waals surface area contributed by atoms with Gasteiger partial charge in [0.25, 0.3) is 0 Å². The van der Waals surface area contributed by atoms with Gasteiger partial charge in [0.05, 0.1) is 5.71 Å². The quantitative estimate of drug-likeness (QED) is 0.789. The molecule has 2 atom stereocenters. The fraction of sp³-hybridized carbons (Fsp3) is 0.158. The van der Waals surface area contributed by atoms with Crippen LogP contribution >= 0.6 is 0 Å². The molecule has 1 heterocycles. The summed E-state index contributed by atoms with van der Waals surface area (Å²) in [5.74, 6) is -0.447. The van der Waals surface area contributed by atoms with Gasteiger partial charge in [-0.05, 0) is 29.2 Å². The third kappa shape index (κ3) is 2.15. The number of hydrogen-bond donors (Lipinski definition) is 0. The van der Waals surface area contributed by atoms with Gasteiger partial charge in [-0.3, -0.25) is 0 Å². The zero-order valence-electron chi connectivity index (χ0n) is 12.0. The number of rotatable bonds is 2. The minimum absolute atomic E-state index is 0.0788. The summed E-state index contributed by atoms with van der Waals surface area (Å²) in [7, 11) is 0. The highest BCUT2D eigenvalue weighted by Crippen LogP contribution is 2.42. The Labute approximate surface area is 128 Å². The Morgan fingerprint density at radius 3 is 2.36 bits per heavy atom. The molecule has 1 aliphatic carbocycles.